The number of nitriles is 1. The molecule has 0 saturated heterocycles. The highest BCUT2D eigenvalue weighted by atomic mass is 32.1. The van der Waals surface area contributed by atoms with Gasteiger partial charge >= 0.3 is 6.09 Å². The molecule has 0 unspecified atom stereocenters. The number of carbonyl (C=O) groups is 2. The van der Waals surface area contributed by atoms with Crippen LogP contribution in [0.2, 0.25) is 0 Å². The fraction of sp³-hybridized carbons (Fsp3) is 0.200. The largest absolute Gasteiger partial charge is 0.496 e. The van der Waals surface area contributed by atoms with E-state index in [1.165, 1.54) is 17.4 Å². The first-order valence-electron chi connectivity index (χ1n) is 10.6. The summed E-state index contributed by atoms with van der Waals surface area (Å²) in [5.41, 5.74) is 2.75. The highest BCUT2D eigenvalue weighted by Gasteiger charge is 2.28. The summed E-state index contributed by atoms with van der Waals surface area (Å²) in [7, 11) is 1.57. The van der Waals surface area contributed by atoms with Crippen LogP contribution in [0.1, 0.15) is 27.3 Å². The molecule has 0 spiro atoms. The first-order valence-corrected chi connectivity index (χ1v) is 11.4. The van der Waals surface area contributed by atoms with Crippen LogP contribution in [0.25, 0.3) is 6.08 Å². The molecule has 0 aliphatic carbocycles. The number of rotatable bonds is 6. The minimum atomic E-state index is -0.437. The van der Waals surface area contributed by atoms with Gasteiger partial charge in [0.05, 0.1) is 24.9 Å². The lowest BCUT2D eigenvalue weighted by molar-refractivity contribution is -0.111. The number of ether oxygens (including phenoxy) is 2. The second-order valence-corrected chi connectivity index (χ2v) is 8.54. The summed E-state index contributed by atoms with van der Waals surface area (Å²) in [5.74, 6) is 0.304. The molecule has 0 radical (unpaired) electrons. The Morgan fingerprint density at radius 2 is 2.09 bits per heavy atom. The molecule has 0 atom stereocenters. The van der Waals surface area contributed by atoms with Crippen LogP contribution in [0.15, 0.2) is 54.7 Å². The van der Waals surface area contributed by atoms with Gasteiger partial charge in [-0.05, 0) is 36.3 Å². The fourth-order valence-electron chi connectivity index (χ4n) is 3.60. The maximum absolute atomic E-state index is 12.5. The summed E-state index contributed by atoms with van der Waals surface area (Å²) in [6, 6.07) is 15.0. The molecule has 0 saturated carbocycles. The molecule has 0 bridgehead atoms. The number of thiophene rings is 1. The summed E-state index contributed by atoms with van der Waals surface area (Å²) < 4.78 is 10.7. The summed E-state index contributed by atoms with van der Waals surface area (Å²) in [4.78, 5) is 31.6. The molecule has 8 nitrogen and oxygen atoms in total. The summed E-state index contributed by atoms with van der Waals surface area (Å²) in [5, 5.41) is 13.0. The smallest absolute Gasteiger partial charge is 0.410 e. The van der Waals surface area contributed by atoms with Crippen LogP contribution in [0, 0.1) is 11.3 Å². The van der Waals surface area contributed by atoms with Crippen molar-refractivity contribution in [1.29, 1.82) is 5.26 Å². The highest BCUT2D eigenvalue weighted by Crippen LogP contribution is 2.37. The number of pyridine rings is 1. The summed E-state index contributed by atoms with van der Waals surface area (Å²) in [6.45, 7) is 0.847. The van der Waals surface area contributed by atoms with Crippen molar-refractivity contribution in [3.63, 3.8) is 0 Å². The lowest BCUT2D eigenvalue weighted by atomic mass is 10.0. The minimum absolute atomic E-state index is 0.0940. The Balaban J connectivity index is 1.42. The number of benzene rings is 1. The van der Waals surface area contributed by atoms with E-state index < -0.39 is 6.09 Å². The number of hydrogen-bond donors (Lipinski definition) is 1. The number of para-hydroxylation sites is 1. The Morgan fingerprint density at radius 3 is 2.85 bits per heavy atom. The molecular formula is C25H22N4O4S. The normalized spacial score (nSPS) is 12.6. The van der Waals surface area contributed by atoms with Crippen LogP contribution in [0.5, 0.6) is 5.75 Å². The lowest BCUT2D eigenvalue weighted by Crippen LogP contribution is -2.35. The molecule has 34 heavy (non-hydrogen) atoms. The predicted molar refractivity (Wildman–Crippen MR) is 128 cm³/mol. The number of hydrogen-bond acceptors (Lipinski definition) is 7. The van der Waals surface area contributed by atoms with Crippen LogP contribution in [0.3, 0.4) is 0 Å². The minimum Gasteiger partial charge on any atom is -0.496 e. The molecule has 2 aromatic heterocycles. The van der Waals surface area contributed by atoms with Crippen molar-refractivity contribution in [3.8, 4) is 11.8 Å². The van der Waals surface area contributed by atoms with E-state index in [0.717, 1.165) is 16.0 Å². The Bertz CT molecular complexity index is 1260. The van der Waals surface area contributed by atoms with Crippen molar-refractivity contribution >= 4 is 34.4 Å². The van der Waals surface area contributed by atoms with Gasteiger partial charge in [-0.15, -0.1) is 11.3 Å². The average Bonchev–Trinajstić information content (AvgIpc) is 3.22. The van der Waals surface area contributed by atoms with Crippen molar-refractivity contribution in [1.82, 2.24) is 9.88 Å². The third-order valence-electron chi connectivity index (χ3n) is 5.29. The molecule has 9 heteroatoms. The number of anilines is 1. The predicted octanol–water partition coefficient (Wildman–Crippen LogP) is 4.37. The molecule has 2 amide bonds. The molecule has 1 N–H and O–H groups in total. The maximum Gasteiger partial charge on any atom is 0.410 e. The number of nitrogens with one attached hydrogen (secondary N) is 1. The Kier molecular flexibility index (Phi) is 7.20. The van der Waals surface area contributed by atoms with Crippen molar-refractivity contribution in [2.45, 2.75) is 19.6 Å². The third kappa shape index (κ3) is 5.24. The molecule has 1 aliphatic heterocycles. The van der Waals surface area contributed by atoms with Gasteiger partial charge in [0, 0.05) is 29.3 Å². The SMILES string of the molecule is COc1ccccc1C=CC(=O)Nc1sc2c(c1C#N)CCN(C(=O)OCc1ccccn1)C2. The monoisotopic (exact) mass is 474 g/mol. The van der Waals surface area contributed by atoms with E-state index in [9.17, 15) is 14.9 Å². The molecule has 3 aromatic rings. The van der Waals surface area contributed by atoms with E-state index in [0.29, 0.717) is 41.5 Å². The number of aromatic nitrogens is 1. The van der Waals surface area contributed by atoms with E-state index in [1.807, 2.05) is 30.3 Å². The quantitative estimate of drug-likeness (QED) is 0.532. The Morgan fingerprint density at radius 1 is 1.26 bits per heavy atom. The zero-order chi connectivity index (χ0) is 23.9. The standard InChI is InChI=1S/C25H22N4O4S/c1-32-21-8-3-2-6-17(21)9-10-23(30)28-24-20(14-26)19-11-13-29(15-22(19)34-24)25(31)33-16-18-7-4-5-12-27-18/h2-10,12H,11,13,15-16H2,1H3,(H,28,30). The topological polar surface area (TPSA) is 105 Å². The average molecular weight is 475 g/mol. The van der Waals surface area contributed by atoms with Crippen LogP contribution in [0.4, 0.5) is 9.80 Å². The van der Waals surface area contributed by atoms with Crippen molar-refractivity contribution in [2.24, 2.45) is 0 Å². The van der Waals surface area contributed by atoms with E-state index in [2.05, 4.69) is 16.4 Å². The third-order valence-corrected chi connectivity index (χ3v) is 6.42. The van der Waals surface area contributed by atoms with Crippen molar-refractivity contribution < 1.29 is 19.1 Å². The van der Waals surface area contributed by atoms with Crippen LogP contribution in [-0.4, -0.2) is 35.5 Å². The van der Waals surface area contributed by atoms with E-state index in [-0.39, 0.29) is 12.5 Å². The number of methoxy groups -OCH3 is 1. The van der Waals surface area contributed by atoms with Gasteiger partial charge in [-0.1, -0.05) is 24.3 Å². The van der Waals surface area contributed by atoms with Gasteiger partial charge in [0.25, 0.3) is 0 Å². The van der Waals surface area contributed by atoms with Gasteiger partial charge in [-0.25, -0.2) is 4.79 Å². The summed E-state index contributed by atoms with van der Waals surface area (Å²) in [6.07, 6.45) is 4.78. The Hall–Kier alpha value is -4.16. The first kappa shape index (κ1) is 23.0. The molecule has 4 rings (SSSR count). The first-order chi connectivity index (χ1) is 16.6. The maximum atomic E-state index is 12.5. The Labute approximate surface area is 201 Å². The van der Waals surface area contributed by atoms with Gasteiger partial charge in [-0.3, -0.25) is 9.78 Å². The fourth-order valence-corrected chi connectivity index (χ4v) is 4.82. The number of fused-ring (bicyclic) bond motifs is 1. The lowest BCUT2D eigenvalue weighted by Gasteiger charge is -2.26. The number of nitrogens with zero attached hydrogens (tertiary/aromatic N) is 3. The molecule has 3 heterocycles. The van der Waals surface area contributed by atoms with Crippen LogP contribution < -0.4 is 10.1 Å². The second kappa shape index (κ2) is 10.6. The molecule has 1 aromatic carbocycles. The molecular weight excluding hydrogens is 452 g/mol. The number of amides is 2. The van der Waals surface area contributed by atoms with Gasteiger partial charge in [0.2, 0.25) is 5.91 Å². The van der Waals surface area contributed by atoms with E-state index in [1.54, 1.807) is 36.4 Å². The highest BCUT2D eigenvalue weighted by molar-refractivity contribution is 7.16. The number of carbonyl (C=O) groups excluding carboxylic acids is 2. The van der Waals surface area contributed by atoms with Crippen LogP contribution in [-0.2, 0) is 29.1 Å². The van der Waals surface area contributed by atoms with E-state index in [4.69, 9.17) is 9.47 Å². The van der Waals surface area contributed by atoms with Crippen molar-refractivity contribution in [2.75, 3.05) is 19.0 Å². The van der Waals surface area contributed by atoms with Gasteiger partial charge in [0.15, 0.2) is 0 Å². The van der Waals surface area contributed by atoms with E-state index >= 15 is 0 Å². The second-order valence-electron chi connectivity index (χ2n) is 7.43. The summed E-state index contributed by atoms with van der Waals surface area (Å²) >= 11 is 1.31. The van der Waals surface area contributed by atoms with Gasteiger partial charge in [0.1, 0.15) is 23.4 Å². The molecule has 172 valence electrons. The van der Waals surface area contributed by atoms with Crippen LogP contribution >= 0.6 is 11.3 Å². The molecule has 0 fully saturated rings. The van der Waals surface area contributed by atoms with Gasteiger partial charge in [-0.2, -0.15) is 5.26 Å². The van der Waals surface area contributed by atoms with Crippen molar-refractivity contribution in [3.05, 3.63) is 82.0 Å². The molecule has 1 aliphatic rings. The van der Waals surface area contributed by atoms with Gasteiger partial charge < -0.3 is 19.7 Å². The zero-order valence-electron chi connectivity index (χ0n) is 18.5. The zero-order valence-corrected chi connectivity index (χ0v) is 19.3.